The van der Waals surface area contributed by atoms with Gasteiger partial charge in [0.2, 0.25) is 5.91 Å². The van der Waals surface area contributed by atoms with Gasteiger partial charge in [0.05, 0.1) is 0 Å². The highest BCUT2D eigenvalue weighted by atomic mass is 16.2. The largest absolute Gasteiger partial charge is 0.343 e. The minimum atomic E-state index is 0.323. The zero-order chi connectivity index (χ0) is 12.2. The smallest absolute Gasteiger partial charge is 0.222 e. The monoisotopic (exact) mass is 228 g/mol. The molecule has 0 aliphatic rings. The van der Waals surface area contributed by atoms with E-state index in [1.54, 1.807) is 0 Å². The van der Waals surface area contributed by atoms with Crippen LogP contribution in [0.25, 0.3) is 0 Å². The number of unbranched alkanes of at least 4 members (excludes halogenated alkanes) is 4. The van der Waals surface area contributed by atoms with E-state index in [9.17, 15) is 4.79 Å². The van der Waals surface area contributed by atoms with E-state index in [-0.39, 0.29) is 0 Å². The van der Waals surface area contributed by atoms with Crippen molar-refractivity contribution in [1.82, 2.24) is 4.90 Å². The molecular weight excluding hydrogens is 200 g/mol. The summed E-state index contributed by atoms with van der Waals surface area (Å²) in [5.41, 5.74) is 5.42. The van der Waals surface area contributed by atoms with Crippen molar-refractivity contribution in [2.24, 2.45) is 5.73 Å². The predicted octanol–water partition coefficient (Wildman–Crippen LogP) is 2.54. The van der Waals surface area contributed by atoms with Crippen LogP contribution < -0.4 is 5.73 Å². The lowest BCUT2D eigenvalue weighted by Gasteiger charge is -2.20. The molecule has 0 heterocycles. The van der Waals surface area contributed by atoms with Crippen LogP contribution in [-0.2, 0) is 4.79 Å². The SMILES string of the molecule is CCCCN(CC)C(=O)CCCCCCN. The highest BCUT2D eigenvalue weighted by Gasteiger charge is 2.09. The number of hydrogen-bond acceptors (Lipinski definition) is 2. The number of rotatable bonds is 10. The van der Waals surface area contributed by atoms with Gasteiger partial charge in [-0.15, -0.1) is 0 Å². The fraction of sp³-hybridized carbons (Fsp3) is 0.923. The van der Waals surface area contributed by atoms with Gasteiger partial charge >= 0.3 is 0 Å². The molecule has 1 amide bonds. The molecule has 0 bridgehead atoms. The summed E-state index contributed by atoms with van der Waals surface area (Å²) in [5.74, 6) is 0.323. The third-order valence-electron chi connectivity index (χ3n) is 2.86. The molecule has 3 nitrogen and oxygen atoms in total. The molecule has 0 saturated heterocycles. The van der Waals surface area contributed by atoms with E-state index < -0.39 is 0 Å². The first kappa shape index (κ1) is 15.4. The summed E-state index contributed by atoms with van der Waals surface area (Å²) in [6.07, 6.45) is 7.37. The van der Waals surface area contributed by atoms with Gasteiger partial charge in [0.25, 0.3) is 0 Å². The van der Waals surface area contributed by atoms with Gasteiger partial charge in [-0.1, -0.05) is 26.2 Å². The number of nitrogens with zero attached hydrogens (tertiary/aromatic N) is 1. The van der Waals surface area contributed by atoms with Crippen LogP contribution in [0.3, 0.4) is 0 Å². The summed E-state index contributed by atoms with van der Waals surface area (Å²) >= 11 is 0. The van der Waals surface area contributed by atoms with E-state index in [1.807, 2.05) is 4.90 Å². The highest BCUT2D eigenvalue weighted by Crippen LogP contribution is 2.06. The Balaban J connectivity index is 3.58. The lowest BCUT2D eigenvalue weighted by atomic mass is 10.1. The molecule has 0 aromatic heterocycles. The third-order valence-corrected chi connectivity index (χ3v) is 2.86. The maximum atomic E-state index is 11.8. The number of nitrogens with two attached hydrogens (primary N) is 1. The zero-order valence-corrected chi connectivity index (χ0v) is 11.0. The van der Waals surface area contributed by atoms with E-state index in [4.69, 9.17) is 5.73 Å². The second-order valence-corrected chi connectivity index (χ2v) is 4.28. The fourth-order valence-corrected chi connectivity index (χ4v) is 1.74. The van der Waals surface area contributed by atoms with Crippen LogP contribution >= 0.6 is 0 Å². The normalized spacial score (nSPS) is 10.4. The van der Waals surface area contributed by atoms with E-state index in [2.05, 4.69) is 13.8 Å². The van der Waals surface area contributed by atoms with Crippen molar-refractivity contribution in [1.29, 1.82) is 0 Å². The van der Waals surface area contributed by atoms with Gasteiger partial charge in [-0.05, 0) is 32.7 Å². The summed E-state index contributed by atoms with van der Waals surface area (Å²) < 4.78 is 0. The van der Waals surface area contributed by atoms with Gasteiger partial charge in [-0.2, -0.15) is 0 Å². The number of amides is 1. The maximum Gasteiger partial charge on any atom is 0.222 e. The number of carbonyl (C=O) groups excluding carboxylic acids is 1. The molecule has 96 valence electrons. The van der Waals surface area contributed by atoms with Gasteiger partial charge in [0.15, 0.2) is 0 Å². The Labute approximate surface area is 100 Å². The van der Waals surface area contributed by atoms with Crippen molar-refractivity contribution in [3.8, 4) is 0 Å². The number of carbonyl (C=O) groups is 1. The molecule has 0 rings (SSSR count). The van der Waals surface area contributed by atoms with Crippen LogP contribution in [0.1, 0.15) is 58.8 Å². The molecule has 0 saturated carbocycles. The van der Waals surface area contributed by atoms with E-state index in [0.717, 1.165) is 58.2 Å². The predicted molar refractivity (Wildman–Crippen MR) is 69.3 cm³/mol. The van der Waals surface area contributed by atoms with Crippen LogP contribution in [0.5, 0.6) is 0 Å². The van der Waals surface area contributed by atoms with Crippen molar-refractivity contribution in [3.05, 3.63) is 0 Å². The molecule has 0 aliphatic carbocycles. The molecule has 0 spiro atoms. The van der Waals surface area contributed by atoms with E-state index in [0.29, 0.717) is 12.3 Å². The van der Waals surface area contributed by atoms with Crippen molar-refractivity contribution in [2.45, 2.75) is 58.8 Å². The van der Waals surface area contributed by atoms with Crippen LogP contribution in [0.2, 0.25) is 0 Å². The lowest BCUT2D eigenvalue weighted by Crippen LogP contribution is -2.31. The van der Waals surface area contributed by atoms with Gasteiger partial charge in [-0.3, -0.25) is 4.79 Å². The number of hydrogen-bond donors (Lipinski definition) is 1. The van der Waals surface area contributed by atoms with Crippen molar-refractivity contribution >= 4 is 5.91 Å². The van der Waals surface area contributed by atoms with Gasteiger partial charge < -0.3 is 10.6 Å². The van der Waals surface area contributed by atoms with Gasteiger partial charge in [0.1, 0.15) is 0 Å². The minimum Gasteiger partial charge on any atom is -0.343 e. The van der Waals surface area contributed by atoms with Crippen molar-refractivity contribution in [2.75, 3.05) is 19.6 Å². The molecule has 0 radical (unpaired) electrons. The molecule has 0 unspecified atom stereocenters. The second-order valence-electron chi connectivity index (χ2n) is 4.28. The molecule has 3 heteroatoms. The molecule has 16 heavy (non-hydrogen) atoms. The second kappa shape index (κ2) is 10.9. The Hall–Kier alpha value is -0.570. The Morgan fingerprint density at radius 2 is 1.75 bits per heavy atom. The Morgan fingerprint density at radius 3 is 2.31 bits per heavy atom. The third kappa shape index (κ3) is 7.69. The zero-order valence-electron chi connectivity index (χ0n) is 11.0. The molecule has 0 aliphatic heterocycles. The standard InChI is InChI=1S/C13H28N2O/c1-3-5-12-15(4-2)13(16)10-8-6-7-9-11-14/h3-12,14H2,1-2H3. The van der Waals surface area contributed by atoms with Crippen molar-refractivity contribution in [3.63, 3.8) is 0 Å². The summed E-state index contributed by atoms with van der Waals surface area (Å²) in [6.45, 7) is 6.76. The van der Waals surface area contributed by atoms with Crippen LogP contribution in [0.15, 0.2) is 0 Å². The fourth-order valence-electron chi connectivity index (χ4n) is 1.74. The first-order valence-electron chi connectivity index (χ1n) is 6.74. The molecular formula is C13H28N2O. The Bertz CT molecular complexity index is 171. The summed E-state index contributed by atoms with van der Waals surface area (Å²) in [5, 5.41) is 0. The van der Waals surface area contributed by atoms with Crippen LogP contribution in [0, 0.1) is 0 Å². The highest BCUT2D eigenvalue weighted by molar-refractivity contribution is 5.76. The lowest BCUT2D eigenvalue weighted by molar-refractivity contribution is -0.131. The van der Waals surface area contributed by atoms with E-state index in [1.165, 1.54) is 0 Å². The molecule has 0 aromatic rings. The molecule has 0 aromatic carbocycles. The topological polar surface area (TPSA) is 46.3 Å². The Kier molecular flexibility index (Phi) is 10.5. The van der Waals surface area contributed by atoms with Crippen LogP contribution in [-0.4, -0.2) is 30.4 Å². The Morgan fingerprint density at radius 1 is 1.06 bits per heavy atom. The van der Waals surface area contributed by atoms with Crippen LogP contribution in [0.4, 0.5) is 0 Å². The maximum absolute atomic E-state index is 11.8. The van der Waals surface area contributed by atoms with Crippen molar-refractivity contribution < 1.29 is 4.79 Å². The van der Waals surface area contributed by atoms with E-state index >= 15 is 0 Å². The first-order valence-corrected chi connectivity index (χ1v) is 6.74. The minimum absolute atomic E-state index is 0.323. The molecule has 2 N–H and O–H groups in total. The van der Waals surface area contributed by atoms with Gasteiger partial charge in [-0.25, -0.2) is 0 Å². The summed E-state index contributed by atoms with van der Waals surface area (Å²) in [4.78, 5) is 13.8. The molecule has 0 atom stereocenters. The van der Waals surface area contributed by atoms with Gasteiger partial charge in [0, 0.05) is 19.5 Å². The first-order chi connectivity index (χ1) is 7.76. The molecule has 0 fully saturated rings. The average molecular weight is 228 g/mol. The summed E-state index contributed by atoms with van der Waals surface area (Å²) in [6, 6.07) is 0. The summed E-state index contributed by atoms with van der Waals surface area (Å²) in [7, 11) is 0. The quantitative estimate of drug-likeness (QED) is 0.584. The average Bonchev–Trinajstić information content (AvgIpc) is 2.30.